The fourth-order valence-corrected chi connectivity index (χ4v) is 2.25. The zero-order chi connectivity index (χ0) is 11.5. The number of halogens is 1. The molecule has 1 aromatic rings. The third-order valence-electron chi connectivity index (χ3n) is 2.75. The fraction of sp³-hybridized carbons (Fsp3) is 0.417. The molecule has 3 nitrogen and oxygen atoms in total. The largest absolute Gasteiger partial charge is 0.336 e. The van der Waals surface area contributed by atoms with Gasteiger partial charge in [-0.3, -0.25) is 4.79 Å². The molecular formula is C12H15IN2O. The lowest BCUT2D eigenvalue weighted by Crippen LogP contribution is -2.51. The summed E-state index contributed by atoms with van der Waals surface area (Å²) >= 11 is 2.24. The van der Waals surface area contributed by atoms with Crippen LogP contribution in [0.4, 0.5) is 0 Å². The van der Waals surface area contributed by atoms with E-state index in [-0.39, 0.29) is 5.91 Å². The Kier molecular flexibility index (Phi) is 3.81. The quantitative estimate of drug-likeness (QED) is 0.796. The number of nitrogens with one attached hydrogen (secondary N) is 1. The number of benzene rings is 1. The van der Waals surface area contributed by atoms with Crippen LogP contribution < -0.4 is 5.32 Å². The molecule has 0 aliphatic carbocycles. The summed E-state index contributed by atoms with van der Waals surface area (Å²) in [4.78, 5) is 14.1. The van der Waals surface area contributed by atoms with Crippen molar-refractivity contribution < 1.29 is 4.79 Å². The third kappa shape index (κ3) is 2.74. The van der Waals surface area contributed by atoms with Crippen LogP contribution in [-0.2, 0) is 0 Å². The first-order valence-electron chi connectivity index (χ1n) is 5.45. The van der Waals surface area contributed by atoms with E-state index < -0.39 is 0 Å². The predicted molar refractivity (Wildman–Crippen MR) is 72.5 cm³/mol. The Balaban J connectivity index is 2.09. The van der Waals surface area contributed by atoms with Crippen LogP contribution in [0.2, 0.25) is 0 Å². The number of carbonyl (C=O) groups is 1. The van der Waals surface area contributed by atoms with E-state index in [0.29, 0.717) is 6.04 Å². The fourth-order valence-electron chi connectivity index (χ4n) is 1.89. The Morgan fingerprint density at radius 1 is 1.44 bits per heavy atom. The maximum absolute atomic E-state index is 12.2. The molecule has 1 heterocycles. The molecule has 1 aliphatic heterocycles. The summed E-state index contributed by atoms with van der Waals surface area (Å²) in [5, 5.41) is 3.33. The van der Waals surface area contributed by atoms with Crippen LogP contribution in [0.5, 0.6) is 0 Å². The molecule has 1 aliphatic rings. The average molecular weight is 330 g/mol. The molecule has 0 aromatic heterocycles. The van der Waals surface area contributed by atoms with Crippen molar-refractivity contribution >= 4 is 28.5 Å². The van der Waals surface area contributed by atoms with Crippen molar-refractivity contribution in [1.29, 1.82) is 0 Å². The monoisotopic (exact) mass is 330 g/mol. The summed E-state index contributed by atoms with van der Waals surface area (Å²) in [6, 6.07) is 8.13. The highest BCUT2D eigenvalue weighted by atomic mass is 127. The highest BCUT2D eigenvalue weighted by Crippen LogP contribution is 2.10. The van der Waals surface area contributed by atoms with Crippen LogP contribution in [0.3, 0.4) is 0 Å². The van der Waals surface area contributed by atoms with Crippen molar-refractivity contribution in [2.45, 2.75) is 13.0 Å². The van der Waals surface area contributed by atoms with Gasteiger partial charge in [0.25, 0.3) is 5.91 Å². The van der Waals surface area contributed by atoms with E-state index in [1.807, 2.05) is 29.2 Å². The second kappa shape index (κ2) is 5.14. The van der Waals surface area contributed by atoms with Gasteiger partial charge in [0.2, 0.25) is 0 Å². The molecule has 1 amide bonds. The Morgan fingerprint density at radius 3 is 2.75 bits per heavy atom. The van der Waals surface area contributed by atoms with Gasteiger partial charge in [-0.2, -0.15) is 0 Å². The zero-order valence-corrected chi connectivity index (χ0v) is 11.4. The summed E-state index contributed by atoms with van der Waals surface area (Å²) < 4.78 is 1.16. The van der Waals surface area contributed by atoms with E-state index >= 15 is 0 Å². The summed E-state index contributed by atoms with van der Waals surface area (Å²) in [5.41, 5.74) is 0.787. The van der Waals surface area contributed by atoms with Crippen LogP contribution in [-0.4, -0.2) is 36.5 Å². The van der Waals surface area contributed by atoms with Gasteiger partial charge in [-0.1, -0.05) is 0 Å². The van der Waals surface area contributed by atoms with Gasteiger partial charge < -0.3 is 10.2 Å². The highest BCUT2D eigenvalue weighted by molar-refractivity contribution is 14.1. The van der Waals surface area contributed by atoms with Gasteiger partial charge in [0.15, 0.2) is 0 Å². The molecule has 86 valence electrons. The molecule has 0 spiro atoms. The van der Waals surface area contributed by atoms with Crippen LogP contribution >= 0.6 is 22.6 Å². The Hall–Kier alpha value is -0.620. The molecule has 2 rings (SSSR count). The molecular weight excluding hydrogens is 315 g/mol. The van der Waals surface area contributed by atoms with Crippen molar-refractivity contribution in [3.05, 3.63) is 33.4 Å². The predicted octanol–water partition coefficient (Wildman–Crippen LogP) is 1.73. The van der Waals surface area contributed by atoms with Crippen molar-refractivity contribution in [3.63, 3.8) is 0 Å². The van der Waals surface area contributed by atoms with Crippen LogP contribution in [0.15, 0.2) is 24.3 Å². The topological polar surface area (TPSA) is 32.3 Å². The Labute approximate surface area is 109 Å². The third-order valence-corrected chi connectivity index (χ3v) is 3.47. The Morgan fingerprint density at radius 2 is 2.12 bits per heavy atom. The maximum atomic E-state index is 12.2. The second-order valence-electron chi connectivity index (χ2n) is 4.11. The molecule has 0 saturated carbocycles. The molecule has 0 unspecified atom stereocenters. The first-order valence-corrected chi connectivity index (χ1v) is 6.53. The van der Waals surface area contributed by atoms with E-state index in [1.165, 1.54) is 0 Å². The lowest BCUT2D eigenvalue weighted by molar-refractivity contribution is 0.0709. The normalized spacial score (nSPS) is 20.9. The molecule has 16 heavy (non-hydrogen) atoms. The van der Waals surface area contributed by atoms with Crippen molar-refractivity contribution in [1.82, 2.24) is 10.2 Å². The summed E-state index contributed by atoms with van der Waals surface area (Å²) in [5.74, 6) is 0.143. The van der Waals surface area contributed by atoms with Gasteiger partial charge in [0.05, 0.1) is 0 Å². The minimum Gasteiger partial charge on any atom is -0.336 e. The van der Waals surface area contributed by atoms with Crippen LogP contribution in [0, 0.1) is 3.57 Å². The number of rotatable bonds is 1. The zero-order valence-electron chi connectivity index (χ0n) is 9.24. The standard InChI is InChI=1S/C12H15IN2O/c1-9-8-15(7-6-14-9)12(16)10-2-4-11(13)5-3-10/h2-5,9,14H,6-8H2,1H3/t9-/m1/s1. The minimum absolute atomic E-state index is 0.143. The van der Waals surface area contributed by atoms with Gasteiger partial charge in [0.1, 0.15) is 0 Å². The molecule has 0 radical (unpaired) electrons. The van der Waals surface area contributed by atoms with Crippen LogP contribution in [0.1, 0.15) is 17.3 Å². The molecule has 1 fully saturated rings. The first kappa shape index (κ1) is 11.9. The van der Waals surface area contributed by atoms with Gasteiger partial charge in [-0.15, -0.1) is 0 Å². The van der Waals surface area contributed by atoms with E-state index in [0.717, 1.165) is 28.8 Å². The summed E-state index contributed by atoms with van der Waals surface area (Å²) in [7, 11) is 0. The van der Waals surface area contributed by atoms with Crippen LogP contribution in [0.25, 0.3) is 0 Å². The smallest absolute Gasteiger partial charge is 0.253 e. The van der Waals surface area contributed by atoms with E-state index in [1.54, 1.807) is 0 Å². The molecule has 1 saturated heterocycles. The number of nitrogens with zero attached hydrogens (tertiary/aromatic N) is 1. The van der Waals surface area contributed by atoms with E-state index in [4.69, 9.17) is 0 Å². The first-order chi connectivity index (χ1) is 7.66. The number of amides is 1. The average Bonchev–Trinajstić information content (AvgIpc) is 2.29. The summed E-state index contributed by atoms with van der Waals surface area (Å²) in [6.07, 6.45) is 0. The number of hydrogen-bond donors (Lipinski definition) is 1. The molecule has 1 atom stereocenters. The van der Waals surface area contributed by atoms with E-state index in [2.05, 4.69) is 34.8 Å². The van der Waals surface area contributed by atoms with E-state index in [9.17, 15) is 4.79 Å². The maximum Gasteiger partial charge on any atom is 0.253 e. The molecule has 4 heteroatoms. The molecule has 0 bridgehead atoms. The van der Waals surface area contributed by atoms with Gasteiger partial charge >= 0.3 is 0 Å². The lowest BCUT2D eigenvalue weighted by Gasteiger charge is -2.31. The number of carbonyl (C=O) groups excluding carboxylic acids is 1. The van der Waals surface area contributed by atoms with Gasteiger partial charge in [-0.25, -0.2) is 0 Å². The van der Waals surface area contributed by atoms with Gasteiger partial charge in [-0.05, 0) is 53.8 Å². The number of hydrogen-bond acceptors (Lipinski definition) is 2. The van der Waals surface area contributed by atoms with Crippen molar-refractivity contribution in [2.24, 2.45) is 0 Å². The molecule has 1 N–H and O–H groups in total. The SMILES string of the molecule is C[C@@H]1CN(C(=O)c2ccc(I)cc2)CCN1. The Bertz CT molecular complexity index is 377. The second-order valence-corrected chi connectivity index (χ2v) is 5.36. The highest BCUT2D eigenvalue weighted by Gasteiger charge is 2.21. The number of piperazine rings is 1. The molecule has 1 aromatic carbocycles. The van der Waals surface area contributed by atoms with Crippen molar-refractivity contribution in [2.75, 3.05) is 19.6 Å². The van der Waals surface area contributed by atoms with Crippen molar-refractivity contribution in [3.8, 4) is 0 Å². The lowest BCUT2D eigenvalue weighted by atomic mass is 10.1. The minimum atomic E-state index is 0.143. The van der Waals surface area contributed by atoms with Gasteiger partial charge in [0, 0.05) is 34.8 Å². The summed E-state index contributed by atoms with van der Waals surface area (Å²) in [6.45, 7) is 4.59.